The average Bonchev–Trinajstić information content (AvgIpc) is 2.21. The van der Waals surface area contributed by atoms with Gasteiger partial charge in [0, 0.05) is 19.5 Å². The van der Waals surface area contributed by atoms with Gasteiger partial charge in [-0.3, -0.25) is 9.59 Å². The molecule has 0 spiro atoms. The van der Waals surface area contributed by atoms with E-state index >= 15 is 0 Å². The Morgan fingerprint density at radius 1 is 1.29 bits per heavy atom. The molecule has 0 unspecified atom stereocenters. The summed E-state index contributed by atoms with van der Waals surface area (Å²) in [5.74, 6) is -0.174. The molecule has 0 bridgehead atoms. The van der Waals surface area contributed by atoms with Crippen LogP contribution in [-0.2, 0) is 9.59 Å². The summed E-state index contributed by atoms with van der Waals surface area (Å²) < 4.78 is 0. The fourth-order valence-electron chi connectivity index (χ4n) is 0.886. The van der Waals surface area contributed by atoms with Crippen LogP contribution in [0.4, 0.5) is 0 Å². The smallest absolute Gasteiger partial charge is 0.243 e. The highest BCUT2D eigenvalue weighted by Crippen LogP contribution is 1.92. The van der Waals surface area contributed by atoms with Gasteiger partial charge in [0.25, 0.3) is 0 Å². The SMILES string of the molecule is C=CC(=O)NCCNC(=O)CCCC. The summed E-state index contributed by atoms with van der Waals surface area (Å²) in [6.07, 6.45) is 3.69. The predicted octanol–water partition coefficient (Wildman–Crippen LogP) is 0.595. The number of rotatable bonds is 7. The van der Waals surface area contributed by atoms with E-state index in [0.29, 0.717) is 19.5 Å². The lowest BCUT2D eigenvalue weighted by Gasteiger charge is -2.04. The van der Waals surface area contributed by atoms with Gasteiger partial charge in [0.2, 0.25) is 11.8 Å². The number of hydrogen-bond acceptors (Lipinski definition) is 2. The summed E-state index contributed by atoms with van der Waals surface area (Å²) in [5, 5.41) is 5.28. The average molecular weight is 198 g/mol. The zero-order chi connectivity index (χ0) is 10.8. The van der Waals surface area contributed by atoms with E-state index in [1.54, 1.807) is 0 Å². The molecule has 0 aromatic carbocycles. The number of hydrogen-bond donors (Lipinski definition) is 2. The first-order valence-corrected chi connectivity index (χ1v) is 4.87. The van der Waals surface area contributed by atoms with Crippen LogP contribution in [-0.4, -0.2) is 24.9 Å². The van der Waals surface area contributed by atoms with Crippen LogP contribution >= 0.6 is 0 Å². The normalized spacial score (nSPS) is 9.21. The predicted molar refractivity (Wildman–Crippen MR) is 55.7 cm³/mol. The third-order valence-corrected chi connectivity index (χ3v) is 1.69. The van der Waals surface area contributed by atoms with Gasteiger partial charge in [-0.25, -0.2) is 0 Å². The van der Waals surface area contributed by atoms with E-state index < -0.39 is 0 Å². The van der Waals surface area contributed by atoms with Crippen molar-refractivity contribution >= 4 is 11.8 Å². The second kappa shape index (κ2) is 8.29. The maximum Gasteiger partial charge on any atom is 0.243 e. The summed E-state index contributed by atoms with van der Waals surface area (Å²) in [4.78, 5) is 21.8. The molecule has 0 aliphatic carbocycles. The molecule has 2 amide bonds. The fraction of sp³-hybridized carbons (Fsp3) is 0.600. The Morgan fingerprint density at radius 3 is 2.50 bits per heavy atom. The molecule has 80 valence electrons. The van der Waals surface area contributed by atoms with Crippen molar-refractivity contribution in [3.05, 3.63) is 12.7 Å². The van der Waals surface area contributed by atoms with E-state index in [2.05, 4.69) is 17.2 Å². The summed E-state index contributed by atoms with van der Waals surface area (Å²) in [6, 6.07) is 0. The molecule has 0 saturated heterocycles. The lowest BCUT2D eigenvalue weighted by molar-refractivity contribution is -0.121. The van der Waals surface area contributed by atoms with Gasteiger partial charge in [0.05, 0.1) is 0 Å². The van der Waals surface area contributed by atoms with Crippen molar-refractivity contribution < 1.29 is 9.59 Å². The number of carbonyl (C=O) groups excluding carboxylic acids is 2. The maximum absolute atomic E-state index is 11.1. The van der Waals surface area contributed by atoms with Crippen LogP contribution in [0.15, 0.2) is 12.7 Å². The third kappa shape index (κ3) is 7.34. The van der Waals surface area contributed by atoms with Crippen molar-refractivity contribution in [2.45, 2.75) is 26.2 Å². The minimum Gasteiger partial charge on any atom is -0.354 e. The second-order valence-electron chi connectivity index (χ2n) is 2.95. The molecule has 0 saturated carbocycles. The summed E-state index contributed by atoms with van der Waals surface area (Å²) in [7, 11) is 0. The van der Waals surface area contributed by atoms with E-state index in [9.17, 15) is 9.59 Å². The van der Waals surface area contributed by atoms with E-state index in [1.165, 1.54) is 6.08 Å². The lowest BCUT2D eigenvalue weighted by Crippen LogP contribution is -2.33. The highest BCUT2D eigenvalue weighted by atomic mass is 16.2. The van der Waals surface area contributed by atoms with Crippen LogP contribution in [0, 0.1) is 0 Å². The summed E-state index contributed by atoms with van der Waals surface area (Å²) in [6.45, 7) is 6.28. The first-order valence-electron chi connectivity index (χ1n) is 4.87. The largest absolute Gasteiger partial charge is 0.354 e. The number of nitrogens with one attached hydrogen (secondary N) is 2. The third-order valence-electron chi connectivity index (χ3n) is 1.69. The maximum atomic E-state index is 11.1. The monoisotopic (exact) mass is 198 g/mol. The molecule has 0 radical (unpaired) electrons. The number of unbranched alkanes of at least 4 members (excludes halogenated alkanes) is 1. The van der Waals surface area contributed by atoms with Crippen molar-refractivity contribution in [1.29, 1.82) is 0 Å². The molecule has 0 aliphatic rings. The minimum atomic E-state index is -0.215. The Hall–Kier alpha value is -1.32. The van der Waals surface area contributed by atoms with Gasteiger partial charge >= 0.3 is 0 Å². The first-order chi connectivity index (χ1) is 6.70. The highest BCUT2D eigenvalue weighted by Gasteiger charge is 1.98. The molecule has 2 N–H and O–H groups in total. The summed E-state index contributed by atoms with van der Waals surface area (Å²) in [5.41, 5.74) is 0. The van der Waals surface area contributed by atoms with E-state index in [1.807, 2.05) is 6.92 Å². The van der Waals surface area contributed by atoms with Crippen LogP contribution < -0.4 is 10.6 Å². The minimum absolute atomic E-state index is 0.0414. The number of amides is 2. The fourth-order valence-corrected chi connectivity index (χ4v) is 0.886. The Bertz CT molecular complexity index is 202. The van der Waals surface area contributed by atoms with E-state index in [-0.39, 0.29) is 11.8 Å². The Balaban J connectivity index is 3.31. The van der Waals surface area contributed by atoms with Gasteiger partial charge in [-0.1, -0.05) is 19.9 Å². The number of carbonyl (C=O) groups is 2. The lowest BCUT2D eigenvalue weighted by atomic mass is 10.2. The Kier molecular flexibility index (Phi) is 7.50. The van der Waals surface area contributed by atoms with Crippen LogP contribution in [0.2, 0.25) is 0 Å². The van der Waals surface area contributed by atoms with Crippen molar-refractivity contribution in [3.63, 3.8) is 0 Å². The molecule has 0 aromatic heterocycles. The molecule has 0 heterocycles. The molecular weight excluding hydrogens is 180 g/mol. The van der Waals surface area contributed by atoms with Gasteiger partial charge in [-0.2, -0.15) is 0 Å². The molecule has 0 atom stereocenters. The van der Waals surface area contributed by atoms with Gasteiger partial charge in [0.1, 0.15) is 0 Å². The molecule has 4 nitrogen and oxygen atoms in total. The van der Waals surface area contributed by atoms with Crippen molar-refractivity contribution in [3.8, 4) is 0 Å². The molecule has 0 aromatic rings. The Morgan fingerprint density at radius 2 is 1.93 bits per heavy atom. The molecule has 0 fully saturated rings. The standard InChI is InChI=1S/C10H18N2O2/c1-3-5-6-10(14)12-8-7-11-9(13)4-2/h4H,2-3,5-8H2,1H3,(H,11,13)(H,12,14). The Labute approximate surface area is 84.8 Å². The van der Waals surface area contributed by atoms with Crippen LogP contribution in [0.5, 0.6) is 0 Å². The van der Waals surface area contributed by atoms with Crippen LogP contribution in [0.25, 0.3) is 0 Å². The zero-order valence-corrected chi connectivity index (χ0v) is 8.64. The molecular formula is C10H18N2O2. The first kappa shape index (κ1) is 12.7. The summed E-state index contributed by atoms with van der Waals surface area (Å²) >= 11 is 0. The van der Waals surface area contributed by atoms with Crippen molar-refractivity contribution in [2.24, 2.45) is 0 Å². The molecule has 4 heteroatoms. The van der Waals surface area contributed by atoms with E-state index in [0.717, 1.165) is 12.8 Å². The van der Waals surface area contributed by atoms with Crippen LogP contribution in [0.3, 0.4) is 0 Å². The van der Waals surface area contributed by atoms with Gasteiger partial charge in [0.15, 0.2) is 0 Å². The van der Waals surface area contributed by atoms with Gasteiger partial charge in [-0.05, 0) is 12.5 Å². The van der Waals surface area contributed by atoms with Crippen LogP contribution in [0.1, 0.15) is 26.2 Å². The van der Waals surface area contributed by atoms with Gasteiger partial charge < -0.3 is 10.6 Å². The topological polar surface area (TPSA) is 58.2 Å². The van der Waals surface area contributed by atoms with E-state index in [4.69, 9.17) is 0 Å². The van der Waals surface area contributed by atoms with Crippen molar-refractivity contribution in [1.82, 2.24) is 10.6 Å². The zero-order valence-electron chi connectivity index (χ0n) is 8.64. The molecule has 0 rings (SSSR count). The van der Waals surface area contributed by atoms with Gasteiger partial charge in [-0.15, -0.1) is 0 Å². The highest BCUT2D eigenvalue weighted by molar-refractivity contribution is 5.86. The second-order valence-corrected chi connectivity index (χ2v) is 2.95. The molecule has 0 aliphatic heterocycles. The molecule has 14 heavy (non-hydrogen) atoms. The van der Waals surface area contributed by atoms with Crippen molar-refractivity contribution in [2.75, 3.05) is 13.1 Å². The quantitative estimate of drug-likeness (QED) is 0.465.